The van der Waals surface area contributed by atoms with Crippen LogP contribution in [-0.2, 0) is 19.4 Å². The molecule has 0 aliphatic heterocycles. The van der Waals surface area contributed by atoms with Crippen molar-refractivity contribution < 1.29 is 27.5 Å². The molecule has 6 nitrogen and oxygen atoms in total. The van der Waals surface area contributed by atoms with Crippen LogP contribution in [0.4, 0.5) is 0 Å². The van der Waals surface area contributed by atoms with Gasteiger partial charge in [-0.25, -0.2) is 8.42 Å². The Morgan fingerprint density at radius 1 is 0.657 bits per heavy atom. The van der Waals surface area contributed by atoms with Gasteiger partial charge in [-0.05, 0) is 74.2 Å². The first-order valence-corrected chi connectivity index (χ1v) is 14.1. The summed E-state index contributed by atoms with van der Waals surface area (Å²) in [6.07, 6.45) is 6.91. The van der Waals surface area contributed by atoms with E-state index in [1.54, 1.807) is 0 Å². The molecule has 0 spiro atoms. The Hall–Kier alpha value is -2.67. The van der Waals surface area contributed by atoms with Crippen LogP contribution in [0.1, 0.15) is 79.1 Å². The van der Waals surface area contributed by atoms with Crippen LogP contribution in [0.3, 0.4) is 0 Å². The van der Waals surface area contributed by atoms with Crippen molar-refractivity contribution in [3.63, 3.8) is 0 Å². The molecule has 2 aromatic carbocycles. The maximum Gasteiger partial charge on any atom is 0.314 e. The summed E-state index contributed by atoms with van der Waals surface area (Å²) >= 11 is 0. The number of ether oxygens (including phenoxy) is 2. The van der Waals surface area contributed by atoms with Gasteiger partial charge < -0.3 is 9.47 Å². The summed E-state index contributed by atoms with van der Waals surface area (Å²) in [7, 11) is -3.78. The van der Waals surface area contributed by atoms with E-state index in [9.17, 15) is 18.0 Å². The maximum atomic E-state index is 13.0. The van der Waals surface area contributed by atoms with Crippen LogP contribution in [0.15, 0.2) is 58.3 Å². The molecule has 2 atom stereocenters. The van der Waals surface area contributed by atoms with Crippen LogP contribution < -0.4 is 9.47 Å². The fourth-order valence-corrected chi connectivity index (χ4v) is 5.05. The van der Waals surface area contributed by atoms with Gasteiger partial charge in [0.2, 0.25) is 9.84 Å². The number of hydrogen-bond donors (Lipinski definition) is 0. The molecule has 0 heterocycles. The Morgan fingerprint density at radius 3 is 1.29 bits per heavy atom. The highest BCUT2D eigenvalue weighted by Crippen LogP contribution is 2.26. The minimum atomic E-state index is -3.78. The second-order valence-electron chi connectivity index (χ2n) is 8.78. The van der Waals surface area contributed by atoms with Gasteiger partial charge in [-0.2, -0.15) is 0 Å². The van der Waals surface area contributed by atoms with Gasteiger partial charge in [0.25, 0.3) is 0 Å². The zero-order valence-corrected chi connectivity index (χ0v) is 22.1. The number of esters is 2. The lowest BCUT2D eigenvalue weighted by Crippen LogP contribution is -2.20. The molecule has 0 radical (unpaired) electrons. The van der Waals surface area contributed by atoms with Gasteiger partial charge in [-0.15, -0.1) is 0 Å². The minimum Gasteiger partial charge on any atom is -0.426 e. The first kappa shape index (κ1) is 28.6. The van der Waals surface area contributed by atoms with Gasteiger partial charge in [-0.1, -0.05) is 53.4 Å². The number of carbonyl (C=O) groups excluding carboxylic acids is 2. The fourth-order valence-electron chi connectivity index (χ4n) is 3.79. The number of benzene rings is 2. The normalized spacial score (nSPS) is 13.1. The topological polar surface area (TPSA) is 86.7 Å². The summed E-state index contributed by atoms with van der Waals surface area (Å²) in [5.41, 5.74) is 0. The lowest BCUT2D eigenvalue weighted by atomic mass is 10.00. The molecule has 2 unspecified atom stereocenters. The Kier molecular flexibility index (Phi) is 11.4. The molecule has 0 fully saturated rings. The SMILES string of the molecule is CCCCC(CC)C(=O)Oc1ccc(S(=O)(=O)c2ccc(OC(=O)C(CC)CCCC)cc2)cc1. The van der Waals surface area contributed by atoms with Crippen LogP contribution in [-0.4, -0.2) is 20.4 Å². The molecule has 0 N–H and O–H groups in total. The second kappa shape index (κ2) is 14.0. The molecular weight excluding hydrogens is 464 g/mol. The first-order valence-electron chi connectivity index (χ1n) is 12.6. The quantitative estimate of drug-likeness (QED) is 0.209. The van der Waals surface area contributed by atoms with E-state index >= 15 is 0 Å². The molecule has 0 aromatic heterocycles. The first-order chi connectivity index (χ1) is 16.8. The number of sulfone groups is 1. The maximum absolute atomic E-state index is 13.0. The monoisotopic (exact) mass is 502 g/mol. The van der Waals surface area contributed by atoms with E-state index in [1.807, 2.05) is 13.8 Å². The molecule has 192 valence electrons. The van der Waals surface area contributed by atoms with Crippen molar-refractivity contribution in [3.8, 4) is 11.5 Å². The fraction of sp³-hybridized carbons (Fsp3) is 0.500. The average Bonchev–Trinajstić information content (AvgIpc) is 2.85. The summed E-state index contributed by atoms with van der Waals surface area (Å²) in [6, 6.07) is 11.7. The van der Waals surface area contributed by atoms with E-state index in [0.717, 1.165) is 38.5 Å². The van der Waals surface area contributed by atoms with E-state index in [1.165, 1.54) is 48.5 Å². The summed E-state index contributed by atoms with van der Waals surface area (Å²) < 4.78 is 37.0. The van der Waals surface area contributed by atoms with Crippen LogP contribution in [0.5, 0.6) is 11.5 Å². The van der Waals surface area contributed by atoms with Gasteiger partial charge in [0, 0.05) is 0 Å². The summed E-state index contributed by atoms with van der Waals surface area (Å²) in [6.45, 7) is 8.07. The molecular formula is C28H38O6S. The third-order valence-corrected chi connectivity index (χ3v) is 7.96. The molecule has 2 aromatic rings. The average molecular weight is 503 g/mol. The molecule has 7 heteroatoms. The molecule has 35 heavy (non-hydrogen) atoms. The molecule has 0 saturated heterocycles. The highest BCUT2D eigenvalue weighted by atomic mass is 32.2. The van der Waals surface area contributed by atoms with Gasteiger partial charge in [0.15, 0.2) is 0 Å². The summed E-state index contributed by atoms with van der Waals surface area (Å²) in [5, 5.41) is 0. The molecule has 2 rings (SSSR count). The Labute approximate surface area is 210 Å². The molecule has 0 aliphatic carbocycles. The zero-order chi connectivity index (χ0) is 25.8. The van der Waals surface area contributed by atoms with Crippen LogP contribution in [0.25, 0.3) is 0 Å². The predicted molar refractivity (Wildman–Crippen MR) is 136 cm³/mol. The van der Waals surface area contributed by atoms with E-state index < -0.39 is 9.84 Å². The summed E-state index contributed by atoms with van der Waals surface area (Å²) in [4.78, 5) is 25.0. The molecule has 0 aliphatic rings. The lowest BCUT2D eigenvalue weighted by Gasteiger charge is -2.14. The number of unbranched alkanes of at least 4 members (excludes halogenated alkanes) is 2. The number of hydrogen-bond acceptors (Lipinski definition) is 6. The van der Waals surface area contributed by atoms with Crippen LogP contribution in [0.2, 0.25) is 0 Å². The second-order valence-corrected chi connectivity index (χ2v) is 10.7. The van der Waals surface area contributed by atoms with E-state index in [0.29, 0.717) is 24.3 Å². The highest BCUT2D eigenvalue weighted by Gasteiger charge is 2.22. The summed E-state index contributed by atoms with van der Waals surface area (Å²) in [5.74, 6) is -0.265. The van der Waals surface area contributed by atoms with Crippen molar-refractivity contribution in [2.45, 2.75) is 88.9 Å². The molecule has 0 bridgehead atoms. The van der Waals surface area contributed by atoms with E-state index in [-0.39, 0.29) is 33.6 Å². The van der Waals surface area contributed by atoms with Crippen molar-refractivity contribution in [1.82, 2.24) is 0 Å². The van der Waals surface area contributed by atoms with Crippen LogP contribution >= 0.6 is 0 Å². The van der Waals surface area contributed by atoms with Crippen LogP contribution in [0, 0.1) is 11.8 Å². The van der Waals surface area contributed by atoms with Crippen molar-refractivity contribution in [1.29, 1.82) is 0 Å². The third kappa shape index (κ3) is 8.20. The predicted octanol–water partition coefficient (Wildman–Crippen LogP) is 6.76. The third-order valence-electron chi connectivity index (χ3n) is 6.17. The van der Waals surface area contributed by atoms with Gasteiger partial charge >= 0.3 is 11.9 Å². The van der Waals surface area contributed by atoms with E-state index in [4.69, 9.17) is 9.47 Å². The molecule has 0 amide bonds. The van der Waals surface area contributed by atoms with Gasteiger partial charge in [0.05, 0.1) is 21.6 Å². The smallest absolute Gasteiger partial charge is 0.314 e. The minimum absolute atomic E-state index is 0.0886. The number of carbonyl (C=O) groups is 2. The largest absolute Gasteiger partial charge is 0.426 e. The number of rotatable bonds is 14. The standard InChI is InChI=1S/C28H38O6S/c1-5-9-11-21(7-3)27(29)33-23-13-17-25(18-14-23)35(31,32)26-19-15-24(16-20-26)34-28(30)22(8-4)12-10-6-2/h13-22H,5-12H2,1-4H3. The van der Waals surface area contributed by atoms with Crippen molar-refractivity contribution in [2.75, 3.05) is 0 Å². The zero-order valence-electron chi connectivity index (χ0n) is 21.3. The lowest BCUT2D eigenvalue weighted by molar-refractivity contribution is -0.140. The molecule has 0 saturated carbocycles. The van der Waals surface area contributed by atoms with Gasteiger partial charge in [-0.3, -0.25) is 9.59 Å². The van der Waals surface area contributed by atoms with Crippen molar-refractivity contribution >= 4 is 21.8 Å². The van der Waals surface area contributed by atoms with E-state index in [2.05, 4.69) is 13.8 Å². The van der Waals surface area contributed by atoms with Gasteiger partial charge in [0.1, 0.15) is 11.5 Å². The Balaban J connectivity index is 2.06. The Bertz CT molecular complexity index is 962. The van der Waals surface area contributed by atoms with Crippen molar-refractivity contribution in [3.05, 3.63) is 48.5 Å². The highest BCUT2D eigenvalue weighted by molar-refractivity contribution is 7.91. The Morgan fingerprint density at radius 2 is 1.00 bits per heavy atom. The van der Waals surface area contributed by atoms with Crippen molar-refractivity contribution in [2.24, 2.45) is 11.8 Å².